The highest BCUT2D eigenvalue weighted by Crippen LogP contribution is 2.43. The molecule has 160 valence electrons. The molecule has 0 radical (unpaired) electrons. The molecule has 3 atom stereocenters. The maximum Gasteiger partial charge on any atom is 0.0595 e. The summed E-state index contributed by atoms with van der Waals surface area (Å²) in [6.45, 7) is 3.24. The van der Waals surface area contributed by atoms with Crippen LogP contribution in [-0.4, -0.2) is 30.1 Å². The van der Waals surface area contributed by atoms with Crippen LogP contribution in [-0.2, 0) is 6.54 Å². The number of nitrogens with zero attached hydrogens (tertiary/aromatic N) is 1. The van der Waals surface area contributed by atoms with Gasteiger partial charge in [0.2, 0.25) is 0 Å². The van der Waals surface area contributed by atoms with E-state index in [0.717, 1.165) is 6.54 Å². The Morgan fingerprint density at radius 2 is 1.48 bits per heavy atom. The third-order valence-corrected chi connectivity index (χ3v) is 7.80. The molecule has 2 bridgehead atoms. The summed E-state index contributed by atoms with van der Waals surface area (Å²) >= 11 is 12.8. The second kappa shape index (κ2) is 9.34. The lowest BCUT2D eigenvalue weighted by atomic mass is 9.70. The zero-order chi connectivity index (χ0) is 21.2. The second-order valence-electron chi connectivity index (χ2n) is 8.82. The van der Waals surface area contributed by atoms with Gasteiger partial charge >= 0.3 is 0 Å². The molecule has 0 amide bonds. The number of rotatable bonds is 6. The van der Waals surface area contributed by atoms with Crippen molar-refractivity contribution in [3.63, 3.8) is 0 Å². The van der Waals surface area contributed by atoms with Gasteiger partial charge in [0.1, 0.15) is 0 Å². The first-order valence-corrected chi connectivity index (χ1v) is 12.0. The van der Waals surface area contributed by atoms with E-state index in [1.165, 1.54) is 42.6 Å². The van der Waals surface area contributed by atoms with Gasteiger partial charge in [-0.05, 0) is 60.7 Å². The van der Waals surface area contributed by atoms with Crippen LogP contribution in [0.5, 0.6) is 0 Å². The van der Waals surface area contributed by atoms with Crippen LogP contribution >= 0.6 is 23.2 Å². The normalized spacial score (nSPS) is 26.0. The van der Waals surface area contributed by atoms with Crippen molar-refractivity contribution in [2.24, 2.45) is 5.92 Å². The van der Waals surface area contributed by atoms with Crippen LogP contribution in [0.15, 0.2) is 78.9 Å². The predicted molar refractivity (Wildman–Crippen MR) is 130 cm³/mol. The lowest BCUT2D eigenvalue weighted by molar-refractivity contribution is 0.00468. The zero-order valence-corrected chi connectivity index (χ0v) is 19.1. The summed E-state index contributed by atoms with van der Waals surface area (Å²) in [4.78, 5) is 2.70. The first kappa shape index (κ1) is 21.0. The van der Waals surface area contributed by atoms with Crippen molar-refractivity contribution in [2.45, 2.75) is 37.4 Å². The first-order chi connectivity index (χ1) is 15.2. The summed E-state index contributed by atoms with van der Waals surface area (Å²) in [5.41, 5.74) is 3.91. The maximum absolute atomic E-state index is 6.48. The summed E-state index contributed by atoms with van der Waals surface area (Å²) < 4.78 is 0. The molecule has 1 N–H and O–H groups in total. The van der Waals surface area contributed by atoms with E-state index in [9.17, 15) is 0 Å². The molecule has 3 aliphatic rings. The molecule has 2 nitrogen and oxygen atoms in total. The minimum absolute atomic E-state index is 0.243. The summed E-state index contributed by atoms with van der Waals surface area (Å²) in [5.74, 6) is 0.944. The lowest BCUT2D eigenvalue weighted by Gasteiger charge is -2.54. The summed E-state index contributed by atoms with van der Waals surface area (Å²) in [5, 5.41) is 5.21. The third-order valence-electron chi connectivity index (χ3n) is 7.06. The fraction of sp³-hybridized carbons (Fsp3) is 0.333. The fourth-order valence-electron chi connectivity index (χ4n) is 5.57. The van der Waals surface area contributed by atoms with Gasteiger partial charge in [0.05, 0.1) is 10.0 Å². The Morgan fingerprint density at radius 1 is 0.806 bits per heavy atom. The van der Waals surface area contributed by atoms with Gasteiger partial charge in [0.15, 0.2) is 0 Å². The fourth-order valence-corrected chi connectivity index (χ4v) is 5.88. The van der Waals surface area contributed by atoms with E-state index in [2.05, 4.69) is 83.0 Å². The summed E-state index contributed by atoms with van der Waals surface area (Å²) in [7, 11) is 0. The number of hydrogen-bond acceptors (Lipinski definition) is 2. The highest BCUT2D eigenvalue weighted by atomic mass is 35.5. The van der Waals surface area contributed by atoms with Crippen LogP contribution in [0.4, 0.5) is 0 Å². The molecular formula is C27H28Cl2N2. The van der Waals surface area contributed by atoms with Crippen molar-refractivity contribution in [1.82, 2.24) is 10.2 Å². The van der Waals surface area contributed by atoms with E-state index < -0.39 is 0 Å². The monoisotopic (exact) mass is 450 g/mol. The SMILES string of the molecule is Clc1ccc(C(c2ccccc2)C2C(NCc3ccccc3)C3CCN2CC3)cc1Cl. The molecule has 6 rings (SSSR count). The predicted octanol–water partition coefficient (Wildman–Crippen LogP) is 6.38. The van der Waals surface area contributed by atoms with Crippen LogP contribution in [0, 0.1) is 5.92 Å². The molecular weight excluding hydrogens is 423 g/mol. The van der Waals surface area contributed by atoms with Gasteiger partial charge in [-0.25, -0.2) is 0 Å². The minimum Gasteiger partial charge on any atom is -0.308 e. The van der Waals surface area contributed by atoms with Gasteiger partial charge < -0.3 is 5.32 Å². The molecule has 3 unspecified atom stereocenters. The average molecular weight is 451 g/mol. The van der Waals surface area contributed by atoms with Gasteiger partial charge in [-0.3, -0.25) is 4.90 Å². The highest BCUT2D eigenvalue weighted by Gasteiger charge is 2.46. The van der Waals surface area contributed by atoms with E-state index in [1.807, 2.05) is 6.07 Å². The number of halogens is 2. The molecule has 3 aromatic carbocycles. The van der Waals surface area contributed by atoms with Crippen LogP contribution in [0.1, 0.15) is 35.4 Å². The van der Waals surface area contributed by atoms with Crippen LogP contribution < -0.4 is 5.32 Å². The summed E-state index contributed by atoms with van der Waals surface area (Å²) in [6.07, 6.45) is 2.54. The molecule has 3 aliphatic heterocycles. The van der Waals surface area contributed by atoms with E-state index >= 15 is 0 Å². The van der Waals surface area contributed by atoms with E-state index in [4.69, 9.17) is 23.2 Å². The highest BCUT2D eigenvalue weighted by molar-refractivity contribution is 6.42. The molecule has 3 fully saturated rings. The van der Waals surface area contributed by atoms with Crippen molar-refractivity contribution >= 4 is 23.2 Å². The zero-order valence-electron chi connectivity index (χ0n) is 17.6. The van der Waals surface area contributed by atoms with Crippen LogP contribution in [0.2, 0.25) is 10.0 Å². The largest absolute Gasteiger partial charge is 0.308 e. The molecule has 0 spiro atoms. The molecule has 4 heteroatoms. The van der Waals surface area contributed by atoms with E-state index in [0.29, 0.717) is 28.0 Å². The van der Waals surface area contributed by atoms with Gasteiger partial charge in [-0.1, -0.05) is 89.9 Å². The van der Waals surface area contributed by atoms with Crippen LogP contribution in [0.25, 0.3) is 0 Å². The number of piperidine rings is 3. The maximum atomic E-state index is 6.48. The molecule has 0 saturated carbocycles. The number of benzene rings is 3. The summed E-state index contributed by atoms with van der Waals surface area (Å²) in [6, 6.07) is 28.6. The van der Waals surface area contributed by atoms with Gasteiger partial charge in [0, 0.05) is 24.5 Å². The lowest BCUT2D eigenvalue weighted by Crippen LogP contribution is -2.64. The Hall–Kier alpha value is -1.84. The molecule has 3 saturated heterocycles. The van der Waals surface area contributed by atoms with Crippen LogP contribution in [0.3, 0.4) is 0 Å². The molecule has 3 aromatic rings. The van der Waals surface area contributed by atoms with Crippen molar-refractivity contribution in [1.29, 1.82) is 0 Å². The average Bonchev–Trinajstić information content (AvgIpc) is 2.83. The second-order valence-corrected chi connectivity index (χ2v) is 9.63. The third kappa shape index (κ3) is 4.40. The molecule has 31 heavy (non-hydrogen) atoms. The number of hydrogen-bond donors (Lipinski definition) is 1. The topological polar surface area (TPSA) is 15.3 Å². The van der Waals surface area contributed by atoms with Gasteiger partial charge in [-0.15, -0.1) is 0 Å². The standard InChI is InChI=1S/C27H28Cl2N2/c28-23-12-11-22(17-24(23)29)25(20-9-5-2-6-10-20)27-26(21-13-15-31(27)16-14-21)30-18-19-7-3-1-4-8-19/h1-12,17,21,25-27,30H,13-16,18H2. The van der Waals surface area contributed by atoms with Gasteiger partial charge in [-0.2, -0.15) is 0 Å². The quantitative estimate of drug-likeness (QED) is 0.468. The van der Waals surface area contributed by atoms with Crippen molar-refractivity contribution in [3.05, 3.63) is 106 Å². The molecule has 0 aromatic heterocycles. The minimum atomic E-state index is 0.243. The molecule has 3 heterocycles. The van der Waals surface area contributed by atoms with Crippen molar-refractivity contribution in [3.8, 4) is 0 Å². The Morgan fingerprint density at radius 3 is 2.16 bits per heavy atom. The van der Waals surface area contributed by atoms with Crippen molar-refractivity contribution < 1.29 is 0 Å². The smallest absolute Gasteiger partial charge is 0.0595 e. The first-order valence-electron chi connectivity index (χ1n) is 11.2. The number of nitrogens with one attached hydrogen (secondary N) is 1. The molecule has 0 aliphatic carbocycles. The van der Waals surface area contributed by atoms with Gasteiger partial charge in [0.25, 0.3) is 0 Å². The van der Waals surface area contributed by atoms with E-state index in [-0.39, 0.29) is 5.92 Å². The Balaban J connectivity index is 1.53. The Bertz CT molecular complexity index is 1000. The van der Waals surface area contributed by atoms with Crippen molar-refractivity contribution in [2.75, 3.05) is 13.1 Å². The number of fused-ring (bicyclic) bond motifs is 3. The Kier molecular flexibility index (Phi) is 6.34. The van der Waals surface area contributed by atoms with E-state index in [1.54, 1.807) is 0 Å². The Labute approximate surface area is 195 Å².